The number of aromatic nitrogens is 1. The smallest absolute Gasteiger partial charge is 0.326 e. The Kier molecular flexibility index (Phi) is 7.62. The van der Waals surface area contributed by atoms with Crippen LogP contribution in [0.15, 0.2) is 47.2 Å². The summed E-state index contributed by atoms with van der Waals surface area (Å²) < 4.78 is 13.9. The zero-order valence-electron chi connectivity index (χ0n) is 15.0. The minimum atomic E-state index is -1.23. The topological polar surface area (TPSA) is 108 Å². The Bertz CT molecular complexity index is 878. The first-order valence-corrected chi connectivity index (χ1v) is 9.19. The minimum absolute atomic E-state index is 0.00224. The van der Waals surface area contributed by atoms with Crippen molar-refractivity contribution in [1.82, 2.24) is 15.6 Å². The van der Waals surface area contributed by atoms with Crippen molar-refractivity contribution in [2.75, 3.05) is 0 Å². The third kappa shape index (κ3) is 6.41. The number of halogens is 2. The van der Waals surface area contributed by atoms with Gasteiger partial charge in [-0.05, 0) is 45.3 Å². The lowest BCUT2D eigenvalue weighted by atomic mass is 10.0. The van der Waals surface area contributed by atoms with Crippen molar-refractivity contribution in [2.24, 2.45) is 0 Å². The fourth-order valence-electron chi connectivity index (χ4n) is 2.62. The summed E-state index contributed by atoms with van der Waals surface area (Å²) in [5, 5.41) is 14.4. The largest absolute Gasteiger partial charge is 0.480 e. The summed E-state index contributed by atoms with van der Waals surface area (Å²) in [5.74, 6) is -2.83. The van der Waals surface area contributed by atoms with Gasteiger partial charge in [0.2, 0.25) is 11.8 Å². The number of rotatable bonds is 8. The van der Waals surface area contributed by atoms with Gasteiger partial charge in [-0.1, -0.05) is 18.2 Å². The van der Waals surface area contributed by atoms with E-state index in [1.165, 1.54) is 25.1 Å². The normalized spacial score (nSPS) is 12.7. The molecule has 0 saturated carbocycles. The van der Waals surface area contributed by atoms with Crippen molar-refractivity contribution < 1.29 is 23.9 Å². The summed E-state index contributed by atoms with van der Waals surface area (Å²) >= 11 is 3.24. The number of hydrogen-bond donors (Lipinski definition) is 3. The van der Waals surface area contributed by atoms with E-state index in [-0.39, 0.29) is 12.8 Å². The van der Waals surface area contributed by atoms with Crippen molar-refractivity contribution >= 4 is 33.7 Å². The van der Waals surface area contributed by atoms with Crippen LogP contribution in [0.2, 0.25) is 0 Å². The van der Waals surface area contributed by atoms with Gasteiger partial charge >= 0.3 is 5.97 Å². The molecule has 0 unspecified atom stereocenters. The highest BCUT2D eigenvalue weighted by Gasteiger charge is 2.27. The number of nitrogens with zero attached hydrogens (tertiary/aromatic N) is 1. The van der Waals surface area contributed by atoms with Gasteiger partial charge in [-0.2, -0.15) is 0 Å². The number of benzene rings is 1. The van der Waals surface area contributed by atoms with Crippen LogP contribution in [0.1, 0.15) is 18.1 Å². The van der Waals surface area contributed by atoms with Crippen LogP contribution in [0.25, 0.3) is 0 Å². The highest BCUT2D eigenvalue weighted by molar-refractivity contribution is 9.10. The summed E-state index contributed by atoms with van der Waals surface area (Å²) in [4.78, 5) is 39.8. The quantitative estimate of drug-likeness (QED) is 0.530. The molecule has 2 amide bonds. The van der Waals surface area contributed by atoms with Crippen LogP contribution in [0, 0.1) is 5.82 Å². The molecule has 1 aromatic heterocycles. The van der Waals surface area contributed by atoms with Crippen molar-refractivity contribution in [2.45, 2.75) is 31.8 Å². The van der Waals surface area contributed by atoms with E-state index in [0.717, 1.165) is 0 Å². The molecule has 0 fully saturated rings. The molecule has 2 rings (SSSR count). The Labute approximate surface area is 169 Å². The van der Waals surface area contributed by atoms with Crippen molar-refractivity contribution in [1.29, 1.82) is 0 Å². The van der Waals surface area contributed by atoms with Crippen molar-refractivity contribution in [3.63, 3.8) is 0 Å². The number of carboxylic acid groups (broad SMARTS) is 1. The van der Waals surface area contributed by atoms with Gasteiger partial charge in [0.25, 0.3) is 0 Å². The van der Waals surface area contributed by atoms with E-state index >= 15 is 0 Å². The van der Waals surface area contributed by atoms with Gasteiger partial charge < -0.3 is 15.7 Å². The fraction of sp³-hybridized carbons (Fsp3) is 0.263. The van der Waals surface area contributed by atoms with E-state index in [2.05, 4.69) is 31.5 Å². The van der Waals surface area contributed by atoms with Crippen molar-refractivity contribution in [3.05, 3.63) is 64.1 Å². The van der Waals surface area contributed by atoms with E-state index in [1.807, 2.05) is 0 Å². The molecule has 3 N–H and O–H groups in total. The van der Waals surface area contributed by atoms with E-state index in [1.54, 1.807) is 24.4 Å². The molecule has 148 valence electrons. The van der Waals surface area contributed by atoms with Crippen LogP contribution in [-0.4, -0.2) is 40.0 Å². The summed E-state index contributed by atoms with van der Waals surface area (Å²) in [7, 11) is 0. The molecule has 2 aromatic rings. The van der Waals surface area contributed by atoms with Crippen LogP contribution in [0.3, 0.4) is 0 Å². The van der Waals surface area contributed by atoms with Gasteiger partial charge in [0.05, 0.1) is 0 Å². The van der Waals surface area contributed by atoms with Crippen LogP contribution in [0.5, 0.6) is 0 Å². The second kappa shape index (κ2) is 9.93. The first-order chi connectivity index (χ1) is 13.3. The monoisotopic (exact) mass is 451 g/mol. The number of hydrogen-bond acceptors (Lipinski definition) is 4. The Balaban J connectivity index is 2.15. The summed E-state index contributed by atoms with van der Waals surface area (Å²) in [6.07, 6.45) is 1.57. The first kappa shape index (κ1) is 21.5. The number of carbonyl (C=O) groups is 3. The molecule has 0 aliphatic rings. The number of aliphatic carboxylic acids is 1. The number of pyridine rings is 1. The molecular weight excluding hydrogens is 433 g/mol. The average molecular weight is 452 g/mol. The lowest BCUT2D eigenvalue weighted by Crippen LogP contribution is -2.52. The Morgan fingerprint density at radius 3 is 2.50 bits per heavy atom. The van der Waals surface area contributed by atoms with E-state index in [0.29, 0.717) is 15.7 Å². The predicted molar refractivity (Wildman–Crippen MR) is 103 cm³/mol. The standard InChI is InChI=1S/C19H19BrFN3O4/c1-11(25)23-15(9-12-4-2-6-14(21)8-12)18(26)24-16(19(27)28)10-13-5-3-7-22-17(13)20/h2-8,15-16H,9-10H2,1H3,(H,23,25)(H,24,26)(H,27,28)/t15-,16+/m0/s1. The van der Waals surface area contributed by atoms with Crippen LogP contribution < -0.4 is 10.6 Å². The van der Waals surface area contributed by atoms with Gasteiger partial charge in [0, 0.05) is 26.0 Å². The average Bonchev–Trinajstić information content (AvgIpc) is 2.61. The maximum Gasteiger partial charge on any atom is 0.326 e. The van der Waals surface area contributed by atoms with Gasteiger partial charge in [-0.15, -0.1) is 0 Å². The molecule has 0 radical (unpaired) electrons. The van der Waals surface area contributed by atoms with E-state index in [4.69, 9.17) is 0 Å². The van der Waals surface area contributed by atoms with Crippen LogP contribution in [-0.2, 0) is 27.2 Å². The Morgan fingerprint density at radius 1 is 1.14 bits per heavy atom. The van der Waals surface area contributed by atoms with Gasteiger partial charge in [-0.25, -0.2) is 14.2 Å². The van der Waals surface area contributed by atoms with E-state index < -0.39 is 35.7 Å². The number of nitrogens with one attached hydrogen (secondary N) is 2. The molecule has 7 nitrogen and oxygen atoms in total. The number of amides is 2. The van der Waals surface area contributed by atoms with Crippen LogP contribution in [0.4, 0.5) is 4.39 Å². The number of carboxylic acids is 1. The Morgan fingerprint density at radius 2 is 1.89 bits per heavy atom. The lowest BCUT2D eigenvalue weighted by Gasteiger charge is -2.21. The number of carbonyl (C=O) groups excluding carboxylic acids is 2. The zero-order valence-corrected chi connectivity index (χ0v) is 16.6. The van der Waals surface area contributed by atoms with Gasteiger partial charge in [0.15, 0.2) is 0 Å². The highest BCUT2D eigenvalue weighted by Crippen LogP contribution is 2.15. The molecule has 0 aliphatic heterocycles. The van der Waals surface area contributed by atoms with E-state index in [9.17, 15) is 23.9 Å². The summed E-state index contributed by atoms with van der Waals surface area (Å²) in [6.45, 7) is 1.24. The molecule has 0 bridgehead atoms. The van der Waals surface area contributed by atoms with Crippen LogP contribution >= 0.6 is 15.9 Å². The molecule has 1 aromatic carbocycles. The maximum atomic E-state index is 13.4. The molecular formula is C19H19BrFN3O4. The molecule has 9 heteroatoms. The SMILES string of the molecule is CC(=O)N[C@@H](Cc1cccc(F)c1)C(=O)N[C@H](Cc1cccnc1Br)C(=O)O. The molecule has 28 heavy (non-hydrogen) atoms. The molecule has 0 aliphatic carbocycles. The molecule has 0 saturated heterocycles. The lowest BCUT2D eigenvalue weighted by molar-refractivity contribution is -0.142. The molecule has 2 atom stereocenters. The summed E-state index contributed by atoms with van der Waals surface area (Å²) in [6, 6.07) is 6.71. The summed E-state index contributed by atoms with van der Waals surface area (Å²) in [5.41, 5.74) is 1.10. The molecule has 0 spiro atoms. The minimum Gasteiger partial charge on any atom is -0.480 e. The zero-order chi connectivity index (χ0) is 20.7. The second-order valence-corrected chi connectivity index (χ2v) is 6.90. The third-order valence-corrected chi connectivity index (χ3v) is 4.61. The highest BCUT2D eigenvalue weighted by atomic mass is 79.9. The fourth-order valence-corrected chi connectivity index (χ4v) is 3.03. The maximum absolute atomic E-state index is 13.4. The third-order valence-electron chi connectivity index (χ3n) is 3.90. The predicted octanol–water partition coefficient (Wildman–Crippen LogP) is 1.84. The first-order valence-electron chi connectivity index (χ1n) is 8.40. The van der Waals surface area contributed by atoms with Gasteiger partial charge in [0.1, 0.15) is 22.5 Å². The van der Waals surface area contributed by atoms with Gasteiger partial charge in [-0.3, -0.25) is 9.59 Å². The second-order valence-electron chi connectivity index (χ2n) is 6.14. The Hall–Kier alpha value is -2.81. The molecule has 1 heterocycles. The van der Waals surface area contributed by atoms with Crippen molar-refractivity contribution in [3.8, 4) is 0 Å².